The number of aliphatic hydroxyl groups is 1. The lowest BCUT2D eigenvalue weighted by atomic mass is 9.86. The van der Waals surface area contributed by atoms with E-state index in [4.69, 9.17) is 4.74 Å². The van der Waals surface area contributed by atoms with Crippen LogP contribution in [0.1, 0.15) is 25.3 Å². The zero-order chi connectivity index (χ0) is 10.3. The summed E-state index contributed by atoms with van der Waals surface area (Å²) < 4.78 is 18.4. The second-order valence-corrected chi connectivity index (χ2v) is 4.20. The molecule has 2 nitrogen and oxygen atoms in total. The summed E-state index contributed by atoms with van der Waals surface area (Å²) in [5.74, 6) is 0.246. The molecule has 1 N–H and O–H groups in total. The number of rotatable bonds is 1. The van der Waals surface area contributed by atoms with E-state index in [-0.39, 0.29) is 11.7 Å². The Bertz CT molecular complexity index is 355. The summed E-state index contributed by atoms with van der Waals surface area (Å²) in [6.07, 6.45) is 0. The predicted molar refractivity (Wildman–Crippen MR) is 50.9 cm³/mol. The van der Waals surface area contributed by atoms with E-state index < -0.39 is 5.60 Å². The first kappa shape index (κ1) is 9.46. The molecule has 0 amide bonds. The zero-order valence-corrected chi connectivity index (χ0v) is 8.25. The molecule has 1 atom stereocenters. The summed E-state index contributed by atoms with van der Waals surface area (Å²) in [6, 6.07) is 4.41. The zero-order valence-electron chi connectivity index (χ0n) is 8.25. The Labute approximate surface area is 82.3 Å². The maximum absolute atomic E-state index is 13.0. The molecule has 1 aromatic rings. The standard InChI is InChI=1S/C11H13FO2/c1-11(2,13)9-6-14-10-4-3-7(12)5-8(9)10/h3-5,9,13H,6H2,1-2H3. The molecule has 0 saturated carbocycles. The summed E-state index contributed by atoms with van der Waals surface area (Å²) in [6.45, 7) is 3.84. The number of hydrogen-bond donors (Lipinski definition) is 1. The van der Waals surface area contributed by atoms with Crippen LogP contribution < -0.4 is 4.74 Å². The van der Waals surface area contributed by atoms with E-state index in [1.54, 1.807) is 19.9 Å². The van der Waals surface area contributed by atoms with E-state index in [1.165, 1.54) is 12.1 Å². The van der Waals surface area contributed by atoms with Crippen LogP contribution in [0.5, 0.6) is 5.75 Å². The third-order valence-corrected chi connectivity index (χ3v) is 2.61. The van der Waals surface area contributed by atoms with Crippen LogP contribution >= 0.6 is 0 Å². The lowest BCUT2D eigenvalue weighted by Gasteiger charge is -2.24. The lowest BCUT2D eigenvalue weighted by Crippen LogP contribution is -2.29. The largest absolute Gasteiger partial charge is 0.493 e. The number of ether oxygens (including phenoxy) is 1. The molecular formula is C11H13FO2. The minimum absolute atomic E-state index is 0.145. The number of halogens is 1. The molecule has 2 rings (SSSR count). The molecule has 0 aliphatic carbocycles. The van der Waals surface area contributed by atoms with Gasteiger partial charge >= 0.3 is 0 Å². The second kappa shape index (κ2) is 2.95. The fourth-order valence-corrected chi connectivity index (χ4v) is 1.77. The average molecular weight is 196 g/mol. The van der Waals surface area contributed by atoms with Crippen LogP contribution in [0.4, 0.5) is 4.39 Å². The highest BCUT2D eigenvalue weighted by Gasteiger charge is 2.35. The van der Waals surface area contributed by atoms with Gasteiger partial charge in [0, 0.05) is 5.56 Å². The van der Waals surface area contributed by atoms with Gasteiger partial charge in [-0.3, -0.25) is 0 Å². The fraction of sp³-hybridized carbons (Fsp3) is 0.455. The smallest absolute Gasteiger partial charge is 0.123 e. The van der Waals surface area contributed by atoms with Crippen molar-refractivity contribution in [1.82, 2.24) is 0 Å². The quantitative estimate of drug-likeness (QED) is 0.745. The van der Waals surface area contributed by atoms with Crippen LogP contribution in [0.3, 0.4) is 0 Å². The topological polar surface area (TPSA) is 29.5 Å². The molecule has 0 aromatic heterocycles. The van der Waals surface area contributed by atoms with Crippen LogP contribution in [0.15, 0.2) is 18.2 Å². The van der Waals surface area contributed by atoms with Crippen LogP contribution in [0, 0.1) is 5.82 Å². The van der Waals surface area contributed by atoms with Crippen molar-refractivity contribution in [3.8, 4) is 5.75 Å². The van der Waals surface area contributed by atoms with E-state index in [2.05, 4.69) is 0 Å². The highest BCUT2D eigenvalue weighted by Crippen LogP contribution is 2.40. The van der Waals surface area contributed by atoms with Crippen molar-refractivity contribution in [3.63, 3.8) is 0 Å². The van der Waals surface area contributed by atoms with E-state index in [0.717, 1.165) is 5.56 Å². The van der Waals surface area contributed by atoms with Crippen molar-refractivity contribution < 1.29 is 14.2 Å². The molecule has 1 aliphatic rings. The molecule has 0 fully saturated rings. The monoisotopic (exact) mass is 196 g/mol. The van der Waals surface area contributed by atoms with Gasteiger partial charge in [-0.05, 0) is 32.0 Å². The second-order valence-electron chi connectivity index (χ2n) is 4.20. The van der Waals surface area contributed by atoms with E-state index >= 15 is 0 Å². The number of fused-ring (bicyclic) bond motifs is 1. The molecule has 0 radical (unpaired) electrons. The molecule has 1 heterocycles. The number of hydrogen-bond acceptors (Lipinski definition) is 2. The van der Waals surface area contributed by atoms with Gasteiger partial charge in [0.15, 0.2) is 0 Å². The molecule has 0 bridgehead atoms. The third kappa shape index (κ3) is 1.48. The van der Waals surface area contributed by atoms with Gasteiger partial charge in [-0.25, -0.2) is 4.39 Å². The first-order chi connectivity index (χ1) is 6.48. The van der Waals surface area contributed by atoms with Crippen molar-refractivity contribution in [2.24, 2.45) is 0 Å². The van der Waals surface area contributed by atoms with Gasteiger partial charge in [-0.15, -0.1) is 0 Å². The molecule has 3 heteroatoms. The Balaban J connectivity index is 2.43. The van der Waals surface area contributed by atoms with Crippen LogP contribution in [-0.2, 0) is 0 Å². The van der Waals surface area contributed by atoms with Gasteiger partial charge in [-0.1, -0.05) is 0 Å². The third-order valence-electron chi connectivity index (χ3n) is 2.61. The molecule has 14 heavy (non-hydrogen) atoms. The minimum atomic E-state index is -0.876. The summed E-state index contributed by atoms with van der Waals surface area (Å²) in [5.41, 5.74) is -0.114. The SMILES string of the molecule is CC(C)(O)C1COc2ccc(F)cc21. The Morgan fingerprint density at radius 2 is 2.21 bits per heavy atom. The molecule has 0 spiro atoms. The lowest BCUT2D eigenvalue weighted by molar-refractivity contribution is 0.0422. The molecular weight excluding hydrogens is 183 g/mol. The average Bonchev–Trinajstić information content (AvgIpc) is 2.45. The Morgan fingerprint density at radius 1 is 1.50 bits per heavy atom. The van der Waals surface area contributed by atoms with Crippen molar-refractivity contribution in [3.05, 3.63) is 29.6 Å². The Morgan fingerprint density at radius 3 is 2.86 bits per heavy atom. The summed E-state index contributed by atoms with van der Waals surface area (Å²) in [4.78, 5) is 0. The van der Waals surface area contributed by atoms with Gasteiger partial charge in [0.2, 0.25) is 0 Å². The van der Waals surface area contributed by atoms with Crippen molar-refractivity contribution in [2.75, 3.05) is 6.61 Å². The normalized spacial score (nSPS) is 20.4. The van der Waals surface area contributed by atoms with Gasteiger partial charge < -0.3 is 9.84 Å². The maximum atomic E-state index is 13.0. The van der Waals surface area contributed by atoms with E-state index in [0.29, 0.717) is 12.4 Å². The molecule has 0 saturated heterocycles. The Hall–Kier alpha value is -1.09. The van der Waals surface area contributed by atoms with E-state index in [1.807, 2.05) is 0 Å². The highest BCUT2D eigenvalue weighted by molar-refractivity contribution is 5.41. The maximum Gasteiger partial charge on any atom is 0.123 e. The van der Waals surface area contributed by atoms with Crippen LogP contribution in [-0.4, -0.2) is 17.3 Å². The number of benzene rings is 1. The highest BCUT2D eigenvalue weighted by atomic mass is 19.1. The first-order valence-electron chi connectivity index (χ1n) is 4.63. The van der Waals surface area contributed by atoms with Gasteiger partial charge in [0.1, 0.15) is 11.6 Å². The van der Waals surface area contributed by atoms with Crippen LogP contribution in [0.25, 0.3) is 0 Å². The van der Waals surface area contributed by atoms with Crippen LogP contribution in [0.2, 0.25) is 0 Å². The summed E-state index contributed by atoms with van der Waals surface area (Å²) in [7, 11) is 0. The van der Waals surface area contributed by atoms with Crippen molar-refractivity contribution in [1.29, 1.82) is 0 Å². The fourth-order valence-electron chi connectivity index (χ4n) is 1.77. The molecule has 1 unspecified atom stereocenters. The summed E-state index contributed by atoms with van der Waals surface area (Å²) in [5, 5.41) is 9.85. The summed E-state index contributed by atoms with van der Waals surface area (Å²) >= 11 is 0. The molecule has 76 valence electrons. The van der Waals surface area contributed by atoms with Gasteiger partial charge in [0.25, 0.3) is 0 Å². The van der Waals surface area contributed by atoms with E-state index in [9.17, 15) is 9.50 Å². The van der Waals surface area contributed by atoms with Gasteiger partial charge in [0.05, 0.1) is 18.1 Å². The van der Waals surface area contributed by atoms with Gasteiger partial charge in [-0.2, -0.15) is 0 Å². The minimum Gasteiger partial charge on any atom is -0.493 e. The van der Waals surface area contributed by atoms with Crippen molar-refractivity contribution in [2.45, 2.75) is 25.4 Å². The molecule has 1 aromatic carbocycles. The molecule has 1 aliphatic heterocycles. The Kier molecular flexibility index (Phi) is 2.00. The first-order valence-corrected chi connectivity index (χ1v) is 4.63. The predicted octanol–water partition coefficient (Wildman–Crippen LogP) is 2.07. The van der Waals surface area contributed by atoms with Crippen molar-refractivity contribution >= 4 is 0 Å².